The molecule has 0 aliphatic carbocycles. The second-order valence-electron chi connectivity index (χ2n) is 5.60. The number of carbonyl (C=O) groups excluding carboxylic acids is 1. The molecule has 1 unspecified atom stereocenters. The normalized spacial score (nSPS) is 21.2. The molecule has 0 spiro atoms. The summed E-state index contributed by atoms with van der Waals surface area (Å²) in [5.74, 6) is -1.04. The van der Waals surface area contributed by atoms with Gasteiger partial charge in [-0.3, -0.25) is 4.79 Å². The van der Waals surface area contributed by atoms with Crippen LogP contribution in [-0.2, 0) is 4.79 Å². The molecule has 1 saturated heterocycles. The molecule has 3 N–H and O–H groups in total. The number of benzene rings is 1. The van der Waals surface area contributed by atoms with E-state index in [1.807, 2.05) is 0 Å². The average molecular weight is 290 g/mol. The number of amides is 1. The first-order valence-corrected chi connectivity index (χ1v) is 7.39. The Labute approximate surface area is 124 Å². The largest absolute Gasteiger partial charge is 0.478 e. The van der Waals surface area contributed by atoms with Gasteiger partial charge >= 0.3 is 5.97 Å². The van der Waals surface area contributed by atoms with Crippen molar-refractivity contribution in [1.82, 2.24) is 5.32 Å². The molecule has 5 heteroatoms. The van der Waals surface area contributed by atoms with Crippen molar-refractivity contribution in [3.63, 3.8) is 0 Å². The molecule has 114 valence electrons. The van der Waals surface area contributed by atoms with Crippen molar-refractivity contribution < 1.29 is 14.7 Å². The van der Waals surface area contributed by atoms with Crippen molar-refractivity contribution >= 4 is 17.6 Å². The summed E-state index contributed by atoms with van der Waals surface area (Å²) in [6.07, 6.45) is 3.52. The van der Waals surface area contributed by atoms with Crippen LogP contribution in [0.4, 0.5) is 5.69 Å². The van der Waals surface area contributed by atoms with Crippen LogP contribution in [0.3, 0.4) is 0 Å². The maximum Gasteiger partial charge on any atom is 0.336 e. The van der Waals surface area contributed by atoms with Crippen LogP contribution in [0.25, 0.3) is 0 Å². The molecule has 1 aromatic carbocycles. The van der Waals surface area contributed by atoms with Crippen molar-refractivity contribution in [3.8, 4) is 0 Å². The number of anilines is 1. The molecular formula is C16H22N2O3. The van der Waals surface area contributed by atoms with Gasteiger partial charge in [-0.25, -0.2) is 4.79 Å². The summed E-state index contributed by atoms with van der Waals surface area (Å²) in [5, 5.41) is 15.4. The monoisotopic (exact) mass is 290 g/mol. The second kappa shape index (κ2) is 6.26. The summed E-state index contributed by atoms with van der Waals surface area (Å²) in [6, 6.07) is 4.94. The van der Waals surface area contributed by atoms with Crippen LogP contribution in [0.15, 0.2) is 18.2 Å². The van der Waals surface area contributed by atoms with Gasteiger partial charge in [-0.2, -0.15) is 0 Å². The maximum atomic E-state index is 12.6. The Hall–Kier alpha value is -1.88. The predicted octanol–water partition coefficient (Wildman–Crippen LogP) is 2.55. The van der Waals surface area contributed by atoms with Gasteiger partial charge in [0.25, 0.3) is 0 Å². The first kappa shape index (κ1) is 15.5. The molecule has 1 heterocycles. The Kier molecular flexibility index (Phi) is 4.63. The minimum atomic E-state index is -0.981. The fourth-order valence-corrected chi connectivity index (χ4v) is 3.00. The van der Waals surface area contributed by atoms with Crippen molar-refractivity contribution in [1.29, 1.82) is 0 Å². The predicted molar refractivity (Wildman–Crippen MR) is 81.6 cm³/mol. The van der Waals surface area contributed by atoms with E-state index in [0.717, 1.165) is 32.2 Å². The van der Waals surface area contributed by atoms with E-state index in [9.17, 15) is 9.59 Å². The standard InChI is InChI=1S/C16H22N2O3/c1-3-8-16(9-5-10-17-16)15(21)18-13-7-4-6-12(11(13)2)14(19)20/h4,6-7,17H,3,5,8-10H2,1-2H3,(H,18,21)(H,19,20). The Morgan fingerprint density at radius 2 is 2.19 bits per heavy atom. The number of hydrogen-bond donors (Lipinski definition) is 3. The fraction of sp³-hybridized carbons (Fsp3) is 0.500. The molecule has 1 atom stereocenters. The van der Waals surface area contributed by atoms with Crippen LogP contribution in [0.1, 0.15) is 48.5 Å². The highest BCUT2D eigenvalue weighted by molar-refractivity contribution is 6.00. The highest BCUT2D eigenvalue weighted by Crippen LogP contribution is 2.28. The van der Waals surface area contributed by atoms with Crippen LogP contribution >= 0.6 is 0 Å². The molecule has 1 amide bonds. The lowest BCUT2D eigenvalue weighted by Gasteiger charge is -2.28. The number of aromatic carboxylic acids is 1. The summed E-state index contributed by atoms with van der Waals surface area (Å²) in [4.78, 5) is 23.8. The summed E-state index contributed by atoms with van der Waals surface area (Å²) in [7, 11) is 0. The summed E-state index contributed by atoms with van der Waals surface area (Å²) >= 11 is 0. The third-order valence-electron chi connectivity index (χ3n) is 4.17. The van der Waals surface area contributed by atoms with Gasteiger partial charge in [0, 0.05) is 5.69 Å². The molecule has 0 radical (unpaired) electrons. The Morgan fingerprint density at radius 1 is 1.43 bits per heavy atom. The highest BCUT2D eigenvalue weighted by Gasteiger charge is 2.40. The number of nitrogens with one attached hydrogen (secondary N) is 2. The van der Waals surface area contributed by atoms with E-state index in [1.165, 1.54) is 0 Å². The van der Waals surface area contributed by atoms with E-state index >= 15 is 0 Å². The van der Waals surface area contributed by atoms with E-state index in [4.69, 9.17) is 5.11 Å². The SMILES string of the molecule is CCCC1(C(=O)Nc2cccc(C(=O)O)c2C)CCCN1. The molecule has 0 saturated carbocycles. The average Bonchev–Trinajstić information content (AvgIpc) is 2.91. The summed E-state index contributed by atoms with van der Waals surface area (Å²) in [5.41, 5.74) is 0.865. The van der Waals surface area contributed by atoms with Gasteiger partial charge in [-0.05, 0) is 50.4 Å². The van der Waals surface area contributed by atoms with Crippen molar-refractivity contribution in [2.24, 2.45) is 0 Å². The second-order valence-corrected chi connectivity index (χ2v) is 5.60. The number of carboxylic acid groups (broad SMARTS) is 1. The van der Waals surface area contributed by atoms with E-state index in [0.29, 0.717) is 11.3 Å². The van der Waals surface area contributed by atoms with E-state index < -0.39 is 11.5 Å². The summed E-state index contributed by atoms with van der Waals surface area (Å²) < 4.78 is 0. The number of hydrogen-bond acceptors (Lipinski definition) is 3. The minimum Gasteiger partial charge on any atom is -0.478 e. The first-order valence-electron chi connectivity index (χ1n) is 7.39. The molecular weight excluding hydrogens is 268 g/mol. The lowest BCUT2D eigenvalue weighted by Crippen LogP contribution is -2.50. The van der Waals surface area contributed by atoms with E-state index in [1.54, 1.807) is 25.1 Å². The fourth-order valence-electron chi connectivity index (χ4n) is 3.00. The van der Waals surface area contributed by atoms with Crippen molar-refractivity contribution in [3.05, 3.63) is 29.3 Å². The molecule has 1 aliphatic rings. The molecule has 5 nitrogen and oxygen atoms in total. The zero-order valence-corrected chi connectivity index (χ0v) is 12.5. The van der Waals surface area contributed by atoms with Gasteiger partial charge < -0.3 is 15.7 Å². The molecule has 1 fully saturated rings. The van der Waals surface area contributed by atoms with E-state index in [-0.39, 0.29) is 11.5 Å². The minimum absolute atomic E-state index is 0.0625. The summed E-state index contributed by atoms with van der Waals surface area (Å²) in [6.45, 7) is 4.63. The van der Waals surface area contributed by atoms with Crippen LogP contribution < -0.4 is 10.6 Å². The highest BCUT2D eigenvalue weighted by atomic mass is 16.4. The van der Waals surface area contributed by atoms with Gasteiger partial charge in [0.15, 0.2) is 0 Å². The molecule has 1 aliphatic heterocycles. The van der Waals surface area contributed by atoms with Crippen LogP contribution in [-0.4, -0.2) is 29.1 Å². The zero-order valence-electron chi connectivity index (χ0n) is 12.5. The lowest BCUT2D eigenvalue weighted by molar-refractivity contribution is -0.122. The lowest BCUT2D eigenvalue weighted by atomic mass is 9.90. The van der Waals surface area contributed by atoms with Gasteiger partial charge in [0.05, 0.1) is 11.1 Å². The Bertz CT molecular complexity index is 548. The number of rotatable bonds is 5. The maximum absolute atomic E-state index is 12.6. The Balaban J connectivity index is 2.23. The van der Waals surface area contributed by atoms with Gasteiger partial charge in [0.1, 0.15) is 0 Å². The molecule has 1 aromatic rings. The first-order chi connectivity index (χ1) is 10.00. The van der Waals surface area contributed by atoms with Gasteiger partial charge in [-0.1, -0.05) is 19.4 Å². The van der Waals surface area contributed by atoms with Crippen LogP contribution in [0.5, 0.6) is 0 Å². The third-order valence-corrected chi connectivity index (χ3v) is 4.17. The molecule has 0 aromatic heterocycles. The third kappa shape index (κ3) is 3.08. The van der Waals surface area contributed by atoms with Crippen molar-refractivity contribution in [2.75, 3.05) is 11.9 Å². The van der Waals surface area contributed by atoms with Gasteiger partial charge in [-0.15, -0.1) is 0 Å². The molecule has 0 bridgehead atoms. The number of carbonyl (C=O) groups is 2. The molecule has 21 heavy (non-hydrogen) atoms. The zero-order chi connectivity index (χ0) is 15.5. The quantitative estimate of drug-likeness (QED) is 0.778. The Morgan fingerprint density at radius 3 is 2.76 bits per heavy atom. The topological polar surface area (TPSA) is 78.4 Å². The number of carboxylic acids is 1. The smallest absolute Gasteiger partial charge is 0.336 e. The molecule has 2 rings (SSSR count). The van der Waals surface area contributed by atoms with Crippen molar-refractivity contribution in [2.45, 2.75) is 45.1 Å². The van der Waals surface area contributed by atoms with Crippen LogP contribution in [0, 0.1) is 6.92 Å². The van der Waals surface area contributed by atoms with Crippen LogP contribution in [0.2, 0.25) is 0 Å². The van der Waals surface area contributed by atoms with Gasteiger partial charge in [0.2, 0.25) is 5.91 Å². The van der Waals surface area contributed by atoms with E-state index in [2.05, 4.69) is 17.6 Å².